The van der Waals surface area contributed by atoms with Crippen molar-refractivity contribution in [2.75, 3.05) is 27.8 Å². The van der Waals surface area contributed by atoms with E-state index in [9.17, 15) is 0 Å². The quantitative estimate of drug-likeness (QED) is 0.330. The van der Waals surface area contributed by atoms with Gasteiger partial charge in [0.05, 0.1) is 26.5 Å². The molecule has 7 nitrogen and oxygen atoms in total. The van der Waals surface area contributed by atoms with Gasteiger partial charge in [-0.2, -0.15) is 0 Å². The summed E-state index contributed by atoms with van der Waals surface area (Å²) in [4.78, 5) is 12.3. The van der Waals surface area contributed by atoms with Gasteiger partial charge < -0.3 is 19.7 Å². The molecule has 0 atom stereocenters. The average Bonchev–Trinajstić information content (AvgIpc) is 3.29. The lowest BCUT2D eigenvalue weighted by Crippen LogP contribution is -2.43. The van der Waals surface area contributed by atoms with E-state index in [-0.39, 0.29) is 24.0 Å². The molecule has 0 saturated carbocycles. The van der Waals surface area contributed by atoms with Crippen LogP contribution in [-0.2, 0) is 19.5 Å². The fourth-order valence-electron chi connectivity index (χ4n) is 3.43. The van der Waals surface area contributed by atoms with Crippen LogP contribution >= 0.6 is 35.3 Å². The molecule has 150 valence electrons. The van der Waals surface area contributed by atoms with Gasteiger partial charge in [0.2, 0.25) is 0 Å². The number of aliphatic imine (C=N–C) groups is 1. The zero-order valence-electron chi connectivity index (χ0n) is 16.1. The van der Waals surface area contributed by atoms with Gasteiger partial charge in [-0.25, -0.2) is 4.98 Å². The Kier molecular flexibility index (Phi) is 6.65. The first-order valence-electron chi connectivity index (χ1n) is 8.82. The van der Waals surface area contributed by atoms with E-state index >= 15 is 0 Å². The van der Waals surface area contributed by atoms with Gasteiger partial charge in [-0.05, 0) is 29.7 Å². The highest BCUT2D eigenvalue weighted by atomic mass is 127. The molecular weight excluding hydrogens is 489 g/mol. The van der Waals surface area contributed by atoms with E-state index in [0.717, 1.165) is 47.6 Å². The van der Waals surface area contributed by atoms with Crippen molar-refractivity contribution >= 4 is 46.2 Å². The summed E-state index contributed by atoms with van der Waals surface area (Å²) in [6.45, 7) is 2.34. The molecule has 1 aliphatic rings. The number of nitrogens with zero attached hydrogens (tertiary/aromatic N) is 4. The summed E-state index contributed by atoms with van der Waals surface area (Å²) in [5.74, 6) is 2.43. The molecule has 2 aromatic heterocycles. The Morgan fingerprint density at radius 3 is 2.68 bits per heavy atom. The van der Waals surface area contributed by atoms with E-state index in [2.05, 4.69) is 38.5 Å². The number of imidazole rings is 1. The Hall–Kier alpha value is -2.01. The second-order valence-electron chi connectivity index (χ2n) is 6.37. The summed E-state index contributed by atoms with van der Waals surface area (Å²) in [5, 5.41) is 5.47. The zero-order valence-corrected chi connectivity index (χ0v) is 19.3. The van der Waals surface area contributed by atoms with Crippen molar-refractivity contribution in [3.05, 3.63) is 46.7 Å². The molecule has 1 aromatic carbocycles. The van der Waals surface area contributed by atoms with Crippen LogP contribution in [0.4, 0.5) is 0 Å². The summed E-state index contributed by atoms with van der Waals surface area (Å²) in [7, 11) is 5.16. The molecule has 3 aromatic rings. The highest BCUT2D eigenvalue weighted by Crippen LogP contribution is 2.33. The smallest absolute Gasteiger partial charge is 0.194 e. The highest BCUT2D eigenvalue weighted by molar-refractivity contribution is 14.0. The Morgan fingerprint density at radius 2 is 2.00 bits per heavy atom. The number of aromatic nitrogens is 2. The minimum absolute atomic E-state index is 0. The molecule has 0 unspecified atom stereocenters. The number of nitrogens with one attached hydrogen (secondary N) is 1. The molecule has 0 spiro atoms. The molecule has 1 aliphatic heterocycles. The van der Waals surface area contributed by atoms with Crippen LogP contribution in [0.3, 0.4) is 0 Å². The summed E-state index contributed by atoms with van der Waals surface area (Å²) >= 11 is 1.64. The molecule has 4 rings (SSSR count). The fraction of sp³-hybridized carbons (Fsp3) is 0.368. The van der Waals surface area contributed by atoms with E-state index in [1.165, 1.54) is 11.1 Å². The Labute approximate surface area is 185 Å². The number of thiazole rings is 1. The van der Waals surface area contributed by atoms with Crippen LogP contribution in [0.2, 0.25) is 0 Å². The van der Waals surface area contributed by atoms with E-state index in [0.29, 0.717) is 6.54 Å². The van der Waals surface area contributed by atoms with Crippen LogP contribution in [0.5, 0.6) is 11.5 Å². The van der Waals surface area contributed by atoms with Crippen molar-refractivity contribution in [3.63, 3.8) is 0 Å². The first kappa shape index (κ1) is 20.7. The number of hydrogen-bond donors (Lipinski definition) is 1. The summed E-state index contributed by atoms with van der Waals surface area (Å²) < 4.78 is 12.9. The van der Waals surface area contributed by atoms with Crippen LogP contribution < -0.4 is 14.8 Å². The van der Waals surface area contributed by atoms with Gasteiger partial charge in [0.25, 0.3) is 0 Å². The number of methoxy groups -OCH3 is 2. The lowest BCUT2D eigenvalue weighted by molar-refractivity contribution is 0.346. The lowest BCUT2D eigenvalue weighted by atomic mass is 9.99. The van der Waals surface area contributed by atoms with Gasteiger partial charge in [0, 0.05) is 37.9 Å². The summed E-state index contributed by atoms with van der Waals surface area (Å²) in [6, 6.07) is 4.15. The minimum atomic E-state index is 0. The maximum atomic E-state index is 5.45. The standard InChI is InChI=1S/C19H23N5O2S.HI/c1-20-18(21-10-15-12-24-6-7-27-19(24)22-15)23-5-4-13-8-16(25-2)17(26-3)9-14(13)11-23;/h6-9,12H,4-5,10-11H2,1-3H3,(H,20,21);1H. The van der Waals surface area contributed by atoms with Gasteiger partial charge in [0.1, 0.15) is 0 Å². The summed E-state index contributed by atoms with van der Waals surface area (Å²) in [5.41, 5.74) is 3.55. The second-order valence-corrected chi connectivity index (χ2v) is 7.25. The van der Waals surface area contributed by atoms with E-state index in [4.69, 9.17) is 9.47 Å². The van der Waals surface area contributed by atoms with E-state index < -0.39 is 0 Å². The second kappa shape index (κ2) is 8.99. The van der Waals surface area contributed by atoms with Crippen molar-refractivity contribution in [1.29, 1.82) is 0 Å². The Morgan fingerprint density at radius 1 is 1.25 bits per heavy atom. The number of hydrogen-bond acceptors (Lipinski definition) is 5. The van der Waals surface area contributed by atoms with Crippen LogP contribution in [-0.4, -0.2) is 48.1 Å². The molecule has 0 saturated heterocycles. The van der Waals surface area contributed by atoms with Gasteiger partial charge in [-0.1, -0.05) is 0 Å². The molecule has 0 fully saturated rings. The summed E-state index contributed by atoms with van der Waals surface area (Å²) in [6.07, 6.45) is 5.01. The normalized spacial score (nSPS) is 13.8. The first-order valence-corrected chi connectivity index (χ1v) is 9.70. The molecule has 0 amide bonds. The number of guanidine groups is 1. The van der Waals surface area contributed by atoms with Gasteiger partial charge in [-0.15, -0.1) is 35.3 Å². The first-order chi connectivity index (χ1) is 13.2. The van der Waals surface area contributed by atoms with Crippen molar-refractivity contribution in [1.82, 2.24) is 19.6 Å². The van der Waals surface area contributed by atoms with Crippen LogP contribution in [0.25, 0.3) is 4.96 Å². The van der Waals surface area contributed by atoms with Gasteiger partial charge >= 0.3 is 0 Å². The Balaban J connectivity index is 0.00000225. The Bertz CT molecular complexity index is 956. The topological polar surface area (TPSA) is 63.4 Å². The maximum absolute atomic E-state index is 5.45. The molecule has 0 aliphatic carbocycles. The molecule has 9 heteroatoms. The van der Waals surface area contributed by atoms with Gasteiger partial charge in [0.15, 0.2) is 22.4 Å². The van der Waals surface area contributed by atoms with Gasteiger partial charge in [-0.3, -0.25) is 9.39 Å². The SMILES string of the molecule is CN=C(NCc1cn2ccsc2n1)N1CCc2cc(OC)c(OC)cc2C1.I. The van der Waals surface area contributed by atoms with E-state index in [1.807, 2.05) is 23.0 Å². The largest absolute Gasteiger partial charge is 0.493 e. The van der Waals surface area contributed by atoms with Crippen molar-refractivity contribution in [3.8, 4) is 11.5 Å². The minimum Gasteiger partial charge on any atom is -0.493 e. The molecule has 0 radical (unpaired) electrons. The van der Waals surface area contributed by atoms with E-state index in [1.54, 1.807) is 25.6 Å². The van der Waals surface area contributed by atoms with Crippen LogP contribution in [0.15, 0.2) is 34.9 Å². The third kappa shape index (κ3) is 4.04. The number of benzene rings is 1. The van der Waals surface area contributed by atoms with Crippen molar-refractivity contribution in [2.24, 2.45) is 4.99 Å². The highest BCUT2D eigenvalue weighted by Gasteiger charge is 2.21. The van der Waals surface area contributed by atoms with Crippen molar-refractivity contribution < 1.29 is 9.47 Å². The zero-order chi connectivity index (χ0) is 18.8. The number of halogens is 1. The van der Waals surface area contributed by atoms with Crippen molar-refractivity contribution in [2.45, 2.75) is 19.5 Å². The number of fused-ring (bicyclic) bond motifs is 2. The number of ether oxygens (including phenoxy) is 2. The fourth-order valence-corrected chi connectivity index (χ4v) is 4.15. The molecule has 28 heavy (non-hydrogen) atoms. The average molecular weight is 513 g/mol. The molecular formula is C19H24IN5O2S. The molecule has 0 bridgehead atoms. The number of rotatable bonds is 4. The third-order valence-electron chi connectivity index (χ3n) is 4.80. The van der Waals surface area contributed by atoms with Crippen LogP contribution in [0.1, 0.15) is 16.8 Å². The third-order valence-corrected chi connectivity index (χ3v) is 5.57. The van der Waals surface area contributed by atoms with Crippen LogP contribution in [0, 0.1) is 0 Å². The molecule has 1 N–H and O–H groups in total. The molecule has 3 heterocycles. The predicted molar refractivity (Wildman–Crippen MR) is 122 cm³/mol. The maximum Gasteiger partial charge on any atom is 0.194 e. The monoisotopic (exact) mass is 513 g/mol. The lowest BCUT2D eigenvalue weighted by Gasteiger charge is -2.32. The predicted octanol–water partition coefficient (Wildman–Crippen LogP) is 3.16.